The van der Waals surface area contributed by atoms with Crippen molar-refractivity contribution in [2.45, 2.75) is 0 Å². The van der Waals surface area contributed by atoms with Crippen molar-refractivity contribution in [2.75, 3.05) is 0 Å². The van der Waals surface area contributed by atoms with Gasteiger partial charge in [-0.2, -0.15) is 0 Å². The molecule has 0 saturated carbocycles. The van der Waals surface area contributed by atoms with E-state index in [1.165, 1.54) is 103 Å². The first-order chi connectivity index (χ1) is 74.4. The smallest absolute Gasteiger partial charge is 0.165 e. The summed E-state index contributed by atoms with van der Waals surface area (Å²) >= 11 is 0. The highest BCUT2D eigenvalue weighted by molar-refractivity contribution is 6.28. The molecule has 22 aromatic carbocycles. The Hall–Kier alpha value is -20.4. The Morgan fingerprint density at radius 1 is 0.160 bits per heavy atom. The molecule has 0 unspecified atom stereocenters. The zero-order valence-electron chi connectivity index (χ0n) is 80.9. The summed E-state index contributed by atoms with van der Waals surface area (Å²) < 4.78 is 14.3. The van der Waals surface area contributed by atoms with E-state index in [2.05, 4.69) is 470 Å². The minimum absolute atomic E-state index is 0.707. The van der Waals surface area contributed by atoms with E-state index in [4.69, 9.17) is 34.9 Å². The van der Waals surface area contributed by atoms with E-state index in [1.54, 1.807) is 0 Å². The van der Waals surface area contributed by atoms with Crippen LogP contribution in [0.15, 0.2) is 516 Å². The Bertz CT molecular complexity index is 11100. The van der Waals surface area contributed by atoms with Crippen LogP contribution < -0.4 is 0 Å². The third-order valence-corrected chi connectivity index (χ3v) is 30.1. The Balaban J connectivity index is 0.000000104. The Morgan fingerprint density at radius 2 is 0.520 bits per heavy atom. The van der Waals surface area contributed by atoms with Crippen LogP contribution >= 0.6 is 0 Å². The zero-order chi connectivity index (χ0) is 98.5. The highest BCUT2D eigenvalue weighted by atomic mass is 15.1. The van der Waals surface area contributed by atoms with Crippen LogP contribution in [0.2, 0.25) is 0 Å². The van der Waals surface area contributed by atoms with Gasteiger partial charge in [0.2, 0.25) is 0 Å². The van der Waals surface area contributed by atoms with Gasteiger partial charge in [0.15, 0.2) is 17.5 Å². The fourth-order valence-corrected chi connectivity index (χ4v) is 23.6. The lowest BCUT2D eigenvalue weighted by atomic mass is 10.0. The fourth-order valence-electron chi connectivity index (χ4n) is 23.6. The molecule has 0 atom stereocenters. The van der Waals surface area contributed by atoms with E-state index in [9.17, 15) is 0 Å². The highest BCUT2D eigenvalue weighted by Crippen LogP contribution is 2.49. The van der Waals surface area contributed by atoms with E-state index in [0.717, 1.165) is 173 Å². The molecule has 0 bridgehead atoms. The molecule has 0 saturated heterocycles. The molecule has 698 valence electrons. The standard InChI is InChI=1S/C48H30N4.C47H29N5.C42H26N4/c1-3-15-32(16-4-1)47-38-23-9-11-24-41(38)49-48(50-47)33-17-13-20-35(28-33)52-42-25-12-10-22-37(42)39-29-40-45(30-44(39)52)51(34-18-5-2-6-19-34)43-27-26-31-14-7-8-21-36(31)46(40)43;1-2-14-30(15-3-1)46-36-20-6-9-21-39(36)49-47(50-46)35-25-26-42(32-17-5-4-16-31(32)35)51-40-22-10-7-18-33(40)37-28-38-34-19-8-11-23-41(34)52(44(38)29-43(37)51)45-24-12-13-27-48-45;1-3-14-28(15-4-1)41-42(44-35-21-11-10-20-34(35)43-41)46-36-22-12-9-19-31(36)32-25-33-39(26-38(32)46)45(29-16-5-2-6-17-29)37-24-23-27-13-7-8-18-30(27)40(33)37/h1-30H;1-29H;1-26H. The summed E-state index contributed by atoms with van der Waals surface area (Å²) in [6.45, 7) is 0. The van der Waals surface area contributed by atoms with E-state index in [1.807, 2.05) is 72.9 Å². The molecule has 0 N–H and O–H groups in total. The molecule has 0 aliphatic rings. The Kier molecular flexibility index (Phi) is 19.7. The SMILES string of the molecule is c1ccc(-c2nc(-c3ccc(-n4c5ccccc5c5cc6c7ccccc7n(-c7ccccn7)c6cc54)c4ccccc34)nc3ccccc23)cc1.c1ccc(-c2nc(-c3cccc(-n4c5ccccc5c5cc6c7c8ccccc8ccc7n(-c7ccccc7)c6cc54)c3)nc3ccccc23)cc1.c1ccc(-c2nc3ccccc3nc2-n2c3ccccc3c3cc4c5c6ccccc6ccc5n(-c5ccccc5)c4cc32)cc1. The van der Waals surface area contributed by atoms with Gasteiger partial charge >= 0.3 is 0 Å². The van der Waals surface area contributed by atoms with Gasteiger partial charge in [-0.15, -0.1) is 0 Å². The summed E-state index contributed by atoms with van der Waals surface area (Å²) in [6.07, 6.45) is 1.86. The molecule has 0 aliphatic heterocycles. The number of rotatable bonds is 11. The molecule has 32 rings (SSSR count). The number of benzene rings is 22. The first-order valence-electron chi connectivity index (χ1n) is 50.8. The van der Waals surface area contributed by atoms with Crippen LogP contribution in [0.5, 0.6) is 0 Å². The van der Waals surface area contributed by atoms with Gasteiger partial charge in [0.05, 0.1) is 105 Å². The Morgan fingerprint density at radius 3 is 1.04 bits per heavy atom. The molecule has 0 amide bonds. The van der Waals surface area contributed by atoms with Crippen molar-refractivity contribution in [3.63, 3.8) is 0 Å². The van der Waals surface area contributed by atoms with Crippen molar-refractivity contribution >= 4 is 196 Å². The molecule has 13 nitrogen and oxygen atoms in total. The highest BCUT2D eigenvalue weighted by Gasteiger charge is 2.29. The molecule has 0 spiro atoms. The summed E-state index contributed by atoms with van der Waals surface area (Å²) in [4.78, 5) is 36.0. The largest absolute Gasteiger partial charge is 0.309 e. The van der Waals surface area contributed by atoms with Crippen LogP contribution in [-0.2, 0) is 0 Å². The molecule has 32 aromatic rings. The van der Waals surface area contributed by atoms with Crippen molar-refractivity contribution < 1.29 is 0 Å². The van der Waals surface area contributed by atoms with Crippen LogP contribution in [0, 0.1) is 0 Å². The van der Waals surface area contributed by atoms with Crippen molar-refractivity contribution in [1.29, 1.82) is 0 Å². The second-order valence-corrected chi connectivity index (χ2v) is 38.5. The van der Waals surface area contributed by atoms with Gasteiger partial charge in [0.1, 0.15) is 11.5 Å². The van der Waals surface area contributed by atoms with Crippen molar-refractivity contribution in [3.05, 3.63) is 516 Å². The molecular weight excluding hydrogens is 1830 g/mol. The molecule has 10 heterocycles. The lowest BCUT2D eigenvalue weighted by Gasteiger charge is -2.15. The van der Waals surface area contributed by atoms with E-state index < -0.39 is 0 Å². The summed E-state index contributed by atoms with van der Waals surface area (Å²) in [5, 5.41) is 24.0. The van der Waals surface area contributed by atoms with Gasteiger partial charge in [0.25, 0.3) is 0 Å². The fraction of sp³-hybridized carbons (Fsp3) is 0. The minimum Gasteiger partial charge on any atom is -0.309 e. The number of hydrogen-bond acceptors (Lipinski definition) is 7. The minimum atomic E-state index is 0.707. The monoisotopic (exact) mass is 1910 g/mol. The molecule has 150 heavy (non-hydrogen) atoms. The first kappa shape index (κ1) is 85.2. The first-order valence-corrected chi connectivity index (χ1v) is 50.8. The van der Waals surface area contributed by atoms with E-state index in [0.29, 0.717) is 11.6 Å². The summed E-state index contributed by atoms with van der Waals surface area (Å²) in [6, 6.07) is 181. The number of fused-ring (bicyclic) bond motifs is 26. The Labute approximate surface area is 859 Å². The maximum absolute atomic E-state index is 5.33. The van der Waals surface area contributed by atoms with Gasteiger partial charge < -0.3 is 18.3 Å². The molecule has 10 aromatic heterocycles. The average Bonchev–Trinajstić information content (AvgIpc) is 1.57. The summed E-state index contributed by atoms with van der Waals surface area (Å²) in [5.74, 6) is 3.14. The van der Waals surface area contributed by atoms with Crippen LogP contribution in [0.1, 0.15) is 0 Å². The van der Waals surface area contributed by atoms with Crippen molar-refractivity contribution in [3.8, 4) is 90.9 Å². The van der Waals surface area contributed by atoms with Gasteiger partial charge in [-0.1, -0.05) is 352 Å². The van der Waals surface area contributed by atoms with E-state index >= 15 is 0 Å². The average molecular weight is 1910 g/mol. The predicted octanol–water partition coefficient (Wildman–Crippen LogP) is 34.7. The molecule has 0 fully saturated rings. The van der Waals surface area contributed by atoms with Crippen LogP contribution in [-0.4, -0.2) is 62.3 Å². The van der Waals surface area contributed by atoms with Gasteiger partial charge in [-0.05, 0) is 185 Å². The molecule has 0 aliphatic carbocycles. The van der Waals surface area contributed by atoms with Gasteiger partial charge in [-0.3, -0.25) is 9.13 Å². The summed E-state index contributed by atoms with van der Waals surface area (Å²) in [5.41, 5.74) is 29.7. The topological polar surface area (TPSA) is 120 Å². The quantitative estimate of drug-likeness (QED) is 0.126. The number of nitrogens with zero attached hydrogens (tertiary/aromatic N) is 13. The normalized spacial score (nSPS) is 11.9. The predicted molar refractivity (Wildman–Crippen MR) is 622 cm³/mol. The molecule has 13 heteroatoms. The second kappa shape index (κ2) is 34.7. The third-order valence-electron chi connectivity index (χ3n) is 30.1. The van der Waals surface area contributed by atoms with Crippen LogP contribution in [0.25, 0.3) is 287 Å². The van der Waals surface area contributed by atoms with Crippen LogP contribution in [0.3, 0.4) is 0 Å². The lowest BCUT2D eigenvalue weighted by molar-refractivity contribution is 1.08. The van der Waals surface area contributed by atoms with Crippen LogP contribution in [0.4, 0.5) is 0 Å². The molecule has 0 radical (unpaired) electrons. The second-order valence-electron chi connectivity index (χ2n) is 38.5. The third kappa shape index (κ3) is 13.7. The summed E-state index contributed by atoms with van der Waals surface area (Å²) in [7, 11) is 0. The van der Waals surface area contributed by atoms with Gasteiger partial charge in [0, 0.05) is 132 Å². The van der Waals surface area contributed by atoms with E-state index in [-0.39, 0.29) is 0 Å². The number of pyridine rings is 1. The van der Waals surface area contributed by atoms with Crippen molar-refractivity contribution in [1.82, 2.24) is 62.3 Å². The lowest BCUT2D eigenvalue weighted by Crippen LogP contribution is -2.03. The van der Waals surface area contributed by atoms with Crippen molar-refractivity contribution in [2.24, 2.45) is 0 Å². The maximum atomic E-state index is 5.33. The molecular formula is C137H85N13. The maximum Gasteiger partial charge on any atom is 0.165 e. The van der Waals surface area contributed by atoms with Gasteiger partial charge in [-0.25, -0.2) is 34.9 Å². The number of aromatic nitrogens is 13. The number of hydrogen-bond donors (Lipinski definition) is 0. The number of para-hydroxylation sites is 10. The zero-order valence-corrected chi connectivity index (χ0v) is 80.9.